The average Bonchev–Trinajstić information content (AvgIpc) is 2.80. The van der Waals surface area contributed by atoms with Crippen molar-refractivity contribution in [2.75, 3.05) is 0 Å². The number of pyridine rings is 1. The van der Waals surface area contributed by atoms with E-state index in [4.69, 9.17) is 11.6 Å². The van der Waals surface area contributed by atoms with Crippen LogP contribution in [-0.2, 0) is 0 Å². The zero-order valence-electron chi connectivity index (χ0n) is 10.3. The second-order valence-corrected chi connectivity index (χ2v) is 5.92. The third kappa shape index (κ3) is 1.66. The largest absolute Gasteiger partial charge is 0.348 e. The number of nitrogens with zero attached hydrogens (tertiary/aromatic N) is 1. The van der Waals surface area contributed by atoms with Gasteiger partial charge in [0.05, 0.1) is 5.52 Å². The number of carbonyl (C=O) groups excluding carboxylic acids is 1. The van der Waals surface area contributed by atoms with E-state index in [1.165, 1.54) is 12.8 Å². The summed E-state index contributed by atoms with van der Waals surface area (Å²) in [6.07, 6.45) is 5.38. The molecule has 0 saturated heterocycles. The molecule has 2 heterocycles. The van der Waals surface area contributed by atoms with Gasteiger partial charge < -0.3 is 10.3 Å². The first-order valence-electron chi connectivity index (χ1n) is 6.66. The fraction of sp³-hybridized carbons (Fsp3) is 0.429. The van der Waals surface area contributed by atoms with Crippen LogP contribution in [0.4, 0.5) is 0 Å². The predicted octanol–water partition coefficient (Wildman–Crippen LogP) is 2.74. The van der Waals surface area contributed by atoms with Crippen molar-refractivity contribution in [3.05, 3.63) is 29.2 Å². The molecule has 2 fully saturated rings. The van der Waals surface area contributed by atoms with Gasteiger partial charge in [0.25, 0.3) is 5.91 Å². The summed E-state index contributed by atoms with van der Waals surface area (Å²) in [5.74, 6) is 1.55. The Hall–Kier alpha value is -1.55. The van der Waals surface area contributed by atoms with Crippen LogP contribution in [0.1, 0.15) is 29.8 Å². The van der Waals surface area contributed by atoms with E-state index in [1.54, 1.807) is 6.20 Å². The van der Waals surface area contributed by atoms with Crippen molar-refractivity contribution >= 4 is 28.4 Å². The van der Waals surface area contributed by atoms with Gasteiger partial charge in [-0.1, -0.05) is 11.6 Å². The van der Waals surface area contributed by atoms with E-state index in [2.05, 4.69) is 15.3 Å². The SMILES string of the molecule is O=C(NC1CC2CCC21)c1cc2ccnc(Cl)c2[nH]1. The molecule has 19 heavy (non-hydrogen) atoms. The van der Waals surface area contributed by atoms with Crippen LogP contribution in [-0.4, -0.2) is 21.9 Å². The average molecular weight is 276 g/mol. The van der Waals surface area contributed by atoms with Crippen LogP contribution in [0.15, 0.2) is 18.3 Å². The van der Waals surface area contributed by atoms with Crippen LogP contribution >= 0.6 is 11.6 Å². The molecule has 5 heteroatoms. The number of fused-ring (bicyclic) bond motifs is 2. The van der Waals surface area contributed by atoms with Gasteiger partial charge in [-0.2, -0.15) is 0 Å². The van der Waals surface area contributed by atoms with Gasteiger partial charge in [-0.05, 0) is 43.2 Å². The Morgan fingerprint density at radius 3 is 3.00 bits per heavy atom. The minimum atomic E-state index is -0.0392. The molecular formula is C14H14ClN3O. The molecule has 4 nitrogen and oxygen atoms in total. The monoisotopic (exact) mass is 275 g/mol. The molecule has 98 valence electrons. The van der Waals surface area contributed by atoms with Crippen molar-refractivity contribution < 1.29 is 4.79 Å². The number of rotatable bonds is 2. The highest BCUT2D eigenvalue weighted by Gasteiger charge is 2.47. The number of H-pyrrole nitrogens is 1. The molecule has 2 aromatic heterocycles. The van der Waals surface area contributed by atoms with Gasteiger partial charge in [0.2, 0.25) is 0 Å². The molecule has 3 unspecified atom stereocenters. The van der Waals surface area contributed by atoms with Gasteiger partial charge in [-0.3, -0.25) is 4.79 Å². The lowest BCUT2D eigenvalue weighted by atomic mass is 9.56. The number of aromatic nitrogens is 2. The standard InChI is InChI=1S/C14H14ClN3O/c15-13-12-8(3-4-16-13)6-11(17-12)14(19)18-10-5-7-1-2-9(7)10/h3-4,6-7,9-10,17H,1-2,5H2,(H,18,19). The Kier molecular flexibility index (Phi) is 2.36. The summed E-state index contributed by atoms with van der Waals surface area (Å²) < 4.78 is 0. The number of hydrogen-bond acceptors (Lipinski definition) is 2. The fourth-order valence-electron chi connectivity index (χ4n) is 3.28. The number of aromatic amines is 1. The third-order valence-corrected chi connectivity index (χ3v) is 4.89. The molecule has 2 aliphatic rings. The van der Waals surface area contributed by atoms with E-state index < -0.39 is 0 Å². The van der Waals surface area contributed by atoms with Gasteiger partial charge in [-0.25, -0.2) is 4.98 Å². The Morgan fingerprint density at radius 1 is 1.47 bits per heavy atom. The minimum Gasteiger partial charge on any atom is -0.348 e. The number of halogens is 1. The van der Waals surface area contributed by atoms with Crippen molar-refractivity contribution in [3.8, 4) is 0 Å². The van der Waals surface area contributed by atoms with Crippen LogP contribution in [0.25, 0.3) is 10.9 Å². The van der Waals surface area contributed by atoms with E-state index in [9.17, 15) is 4.79 Å². The molecular weight excluding hydrogens is 262 g/mol. The number of hydrogen-bond donors (Lipinski definition) is 2. The second kappa shape index (κ2) is 3.97. The van der Waals surface area contributed by atoms with Crippen LogP contribution in [0, 0.1) is 11.8 Å². The normalized spacial score (nSPS) is 28.4. The first kappa shape index (κ1) is 11.3. The molecule has 2 saturated carbocycles. The van der Waals surface area contributed by atoms with E-state index in [-0.39, 0.29) is 5.91 Å². The minimum absolute atomic E-state index is 0.0392. The predicted molar refractivity (Wildman–Crippen MR) is 73.2 cm³/mol. The third-order valence-electron chi connectivity index (χ3n) is 4.61. The van der Waals surface area contributed by atoms with E-state index in [1.807, 2.05) is 12.1 Å². The van der Waals surface area contributed by atoms with Crippen LogP contribution in [0.3, 0.4) is 0 Å². The maximum atomic E-state index is 12.2. The summed E-state index contributed by atoms with van der Waals surface area (Å²) in [5, 5.41) is 4.43. The second-order valence-electron chi connectivity index (χ2n) is 5.57. The summed E-state index contributed by atoms with van der Waals surface area (Å²) >= 11 is 6.00. The van der Waals surface area contributed by atoms with Gasteiger partial charge in [0.15, 0.2) is 5.15 Å². The Balaban J connectivity index is 1.56. The Bertz CT molecular complexity index is 666. The highest BCUT2D eigenvalue weighted by Crippen LogP contribution is 2.50. The summed E-state index contributed by atoms with van der Waals surface area (Å²) in [4.78, 5) is 19.3. The lowest BCUT2D eigenvalue weighted by molar-refractivity contribution is 0.00655. The molecule has 0 aromatic carbocycles. The first-order chi connectivity index (χ1) is 9.22. The smallest absolute Gasteiger partial charge is 0.267 e. The van der Waals surface area contributed by atoms with E-state index in [0.29, 0.717) is 16.9 Å². The van der Waals surface area contributed by atoms with Crippen LogP contribution in [0.2, 0.25) is 5.15 Å². The molecule has 2 aromatic rings. The summed E-state index contributed by atoms with van der Waals surface area (Å²) in [6.45, 7) is 0. The molecule has 2 aliphatic carbocycles. The van der Waals surface area contributed by atoms with Gasteiger partial charge in [0, 0.05) is 17.6 Å². The number of carbonyl (C=O) groups is 1. The van der Waals surface area contributed by atoms with Crippen LogP contribution < -0.4 is 5.32 Å². The van der Waals surface area contributed by atoms with E-state index >= 15 is 0 Å². The fourth-order valence-corrected chi connectivity index (χ4v) is 3.49. The van der Waals surface area contributed by atoms with Gasteiger partial charge in [-0.15, -0.1) is 0 Å². The topological polar surface area (TPSA) is 57.8 Å². The zero-order chi connectivity index (χ0) is 13.0. The quantitative estimate of drug-likeness (QED) is 0.828. The lowest BCUT2D eigenvalue weighted by Crippen LogP contribution is -2.57. The summed E-state index contributed by atoms with van der Waals surface area (Å²) in [7, 11) is 0. The number of nitrogens with one attached hydrogen (secondary N) is 2. The molecule has 4 rings (SSSR count). The Morgan fingerprint density at radius 2 is 2.37 bits per heavy atom. The van der Waals surface area contributed by atoms with Crippen molar-refractivity contribution in [1.82, 2.24) is 15.3 Å². The van der Waals surface area contributed by atoms with Crippen LogP contribution in [0.5, 0.6) is 0 Å². The van der Waals surface area contributed by atoms with E-state index in [0.717, 1.165) is 29.2 Å². The molecule has 0 bridgehead atoms. The lowest BCUT2D eigenvalue weighted by Gasteiger charge is -2.53. The highest BCUT2D eigenvalue weighted by molar-refractivity contribution is 6.33. The first-order valence-corrected chi connectivity index (χ1v) is 7.04. The van der Waals surface area contributed by atoms with Crippen molar-refractivity contribution in [2.45, 2.75) is 25.3 Å². The number of amides is 1. The molecule has 1 amide bonds. The molecule has 3 atom stereocenters. The maximum absolute atomic E-state index is 12.2. The highest BCUT2D eigenvalue weighted by atomic mass is 35.5. The summed E-state index contributed by atoms with van der Waals surface area (Å²) in [6, 6.07) is 4.04. The molecule has 0 radical (unpaired) electrons. The summed E-state index contributed by atoms with van der Waals surface area (Å²) in [5.41, 5.74) is 1.29. The van der Waals surface area contributed by atoms with Crippen molar-refractivity contribution in [3.63, 3.8) is 0 Å². The van der Waals surface area contributed by atoms with Crippen molar-refractivity contribution in [2.24, 2.45) is 11.8 Å². The molecule has 0 aliphatic heterocycles. The zero-order valence-corrected chi connectivity index (χ0v) is 11.1. The molecule has 0 spiro atoms. The van der Waals surface area contributed by atoms with Gasteiger partial charge in [0.1, 0.15) is 5.69 Å². The van der Waals surface area contributed by atoms with Crippen molar-refractivity contribution in [1.29, 1.82) is 0 Å². The molecule has 2 N–H and O–H groups in total. The Labute approximate surface area is 115 Å². The maximum Gasteiger partial charge on any atom is 0.267 e. The van der Waals surface area contributed by atoms with Gasteiger partial charge >= 0.3 is 0 Å².